The van der Waals surface area contributed by atoms with E-state index in [1.807, 2.05) is 60.7 Å². The van der Waals surface area contributed by atoms with Crippen molar-refractivity contribution in [1.29, 1.82) is 0 Å². The minimum atomic E-state index is -0.575. The third-order valence-corrected chi connectivity index (χ3v) is 4.87. The molecule has 152 valence electrons. The summed E-state index contributed by atoms with van der Waals surface area (Å²) < 4.78 is 5.36. The highest BCUT2D eigenvalue weighted by atomic mass is 17.1. The van der Waals surface area contributed by atoms with Crippen LogP contribution >= 0.6 is 0 Å². The van der Waals surface area contributed by atoms with E-state index in [9.17, 15) is 10.1 Å². The molecule has 0 spiro atoms. The zero-order valence-corrected chi connectivity index (χ0v) is 16.7. The summed E-state index contributed by atoms with van der Waals surface area (Å²) in [5.41, 5.74) is 5.15. The molecular weight excluding hydrogens is 376 g/mol. The number of carbonyl (C=O) groups is 1. The lowest BCUT2D eigenvalue weighted by Gasteiger charge is -2.15. The van der Waals surface area contributed by atoms with Crippen molar-refractivity contribution in [2.75, 3.05) is 6.61 Å². The van der Waals surface area contributed by atoms with Gasteiger partial charge in [0.2, 0.25) is 0 Å². The predicted octanol–water partition coefficient (Wildman–Crippen LogP) is 5.95. The second kappa shape index (κ2) is 10.3. The van der Waals surface area contributed by atoms with Gasteiger partial charge in [-0.05, 0) is 39.9 Å². The summed E-state index contributed by atoms with van der Waals surface area (Å²) in [4.78, 5) is 16.8. The number of carbonyl (C=O) groups excluding carboxylic acids is 1. The Hall–Kier alpha value is -3.47. The number of ether oxygens (including phenoxy) is 1. The van der Waals surface area contributed by atoms with E-state index in [0.29, 0.717) is 12.0 Å². The molecular formula is C26H24O4. The van der Waals surface area contributed by atoms with Crippen LogP contribution in [0.2, 0.25) is 0 Å². The third kappa shape index (κ3) is 5.32. The molecule has 3 aromatic rings. The van der Waals surface area contributed by atoms with Gasteiger partial charge in [-0.15, -0.1) is 0 Å². The van der Waals surface area contributed by atoms with Crippen LogP contribution in [0.5, 0.6) is 0 Å². The summed E-state index contributed by atoms with van der Waals surface area (Å²) in [6.45, 7) is 7.71. The van der Waals surface area contributed by atoms with Crippen LogP contribution in [-0.2, 0) is 16.0 Å². The molecule has 0 fully saturated rings. The second-order valence-corrected chi connectivity index (χ2v) is 6.81. The van der Waals surface area contributed by atoms with Gasteiger partial charge in [0.15, 0.2) is 0 Å². The monoisotopic (exact) mass is 400 g/mol. The smallest absolute Gasteiger partial charge is 0.338 e. The normalized spacial score (nSPS) is 11.5. The highest BCUT2D eigenvalue weighted by molar-refractivity contribution is 5.89. The molecule has 0 saturated carbocycles. The Balaban J connectivity index is 1.57. The molecule has 0 aliphatic carbocycles. The molecule has 0 radical (unpaired) electrons. The quantitative estimate of drug-likeness (QED) is 0.274. The zero-order valence-electron chi connectivity index (χ0n) is 16.7. The van der Waals surface area contributed by atoms with Gasteiger partial charge >= 0.3 is 5.97 Å². The van der Waals surface area contributed by atoms with Crippen LogP contribution in [0.1, 0.15) is 44.3 Å². The van der Waals surface area contributed by atoms with Crippen LogP contribution in [0.25, 0.3) is 12.2 Å². The van der Waals surface area contributed by atoms with E-state index in [-0.39, 0.29) is 12.6 Å². The molecule has 30 heavy (non-hydrogen) atoms. The first-order valence-electron chi connectivity index (χ1n) is 9.65. The first-order valence-corrected chi connectivity index (χ1v) is 9.65. The minimum Gasteiger partial charge on any atom is -0.462 e. The fraction of sp³-hybridized carbons (Fsp3) is 0.115. The molecule has 0 aliphatic heterocycles. The fourth-order valence-corrected chi connectivity index (χ4v) is 3.08. The maximum Gasteiger partial charge on any atom is 0.338 e. The van der Waals surface area contributed by atoms with E-state index in [2.05, 4.69) is 13.2 Å². The Labute approximate surface area is 176 Å². The van der Waals surface area contributed by atoms with Crippen LogP contribution in [-0.4, -0.2) is 17.8 Å². The SMILES string of the molecule is C=Cc1ccc(C(=O)OCCc2ccc(C(OO)c3ccc(C=C)cc3)cc2)cc1. The highest BCUT2D eigenvalue weighted by Crippen LogP contribution is 2.26. The lowest BCUT2D eigenvalue weighted by molar-refractivity contribution is -0.270. The summed E-state index contributed by atoms with van der Waals surface area (Å²) in [7, 11) is 0. The van der Waals surface area contributed by atoms with Gasteiger partial charge in [-0.2, -0.15) is 0 Å². The molecule has 1 unspecified atom stereocenters. The Morgan fingerprint density at radius 1 is 0.833 bits per heavy atom. The van der Waals surface area contributed by atoms with Gasteiger partial charge in [-0.3, -0.25) is 5.26 Å². The van der Waals surface area contributed by atoms with Crippen LogP contribution < -0.4 is 0 Å². The Morgan fingerprint density at radius 2 is 1.33 bits per heavy atom. The molecule has 0 amide bonds. The number of esters is 1. The van der Waals surface area contributed by atoms with E-state index >= 15 is 0 Å². The average molecular weight is 400 g/mol. The Morgan fingerprint density at radius 3 is 1.83 bits per heavy atom. The summed E-state index contributed by atoms with van der Waals surface area (Å²) in [5, 5.41) is 9.39. The van der Waals surface area contributed by atoms with Crippen molar-refractivity contribution in [2.24, 2.45) is 0 Å². The molecule has 3 aromatic carbocycles. The molecule has 4 nitrogen and oxygen atoms in total. The van der Waals surface area contributed by atoms with Crippen molar-refractivity contribution in [3.8, 4) is 0 Å². The molecule has 0 heterocycles. The van der Waals surface area contributed by atoms with Gasteiger partial charge in [-0.25, -0.2) is 9.68 Å². The summed E-state index contributed by atoms with van der Waals surface area (Å²) in [6.07, 6.45) is 3.50. The van der Waals surface area contributed by atoms with Crippen molar-refractivity contribution in [3.05, 3.63) is 119 Å². The van der Waals surface area contributed by atoms with Crippen molar-refractivity contribution in [1.82, 2.24) is 0 Å². The summed E-state index contributed by atoms with van der Waals surface area (Å²) >= 11 is 0. The van der Waals surface area contributed by atoms with Crippen LogP contribution in [0, 0.1) is 0 Å². The van der Waals surface area contributed by atoms with Crippen molar-refractivity contribution >= 4 is 18.1 Å². The summed E-state index contributed by atoms with van der Waals surface area (Å²) in [6, 6.07) is 22.4. The van der Waals surface area contributed by atoms with Gasteiger partial charge in [0.25, 0.3) is 0 Å². The molecule has 0 saturated heterocycles. The van der Waals surface area contributed by atoms with Crippen LogP contribution in [0.3, 0.4) is 0 Å². The van der Waals surface area contributed by atoms with Crippen LogP contribution in [0.15, 0.2) is 86.0 Å². The minimum absolute atomic E-state index is 0.282. The molecule has 1 N–H and O–H groups in total. The number of hydrogen-bond donors (Lipinski definition) is 1. The van der Waals surface area contributed by atoms with Crippen molar-refractivity contribution in [2.45, 2.75) is 12.5 Å². The van der Waals surface area contributed by atoms with Gasteiger partial charge in [0, 0.05) is 6.42 Å². The number of benzene rings is 3. The largest absolute Gasteiger partial charge is 0.462 e. The maximum absolute atomic E-state index is 12.1. The zero-order chi connectivity index (χ0) is 21.3. The van der Waals surface area contributed by atoms with E-state index in [1.54, 1.807) is 24.3 Å². The molecule has 1 atom stereocenters. The second-order valence-electron chi connectivity index (χ2n) is 6.81. The first-order chi connectivity index (χ1) is 14.6. The molecule has 4 heteroatoms. The number of rotatable bonds is 9. The lowest BCUT2D eigenvalue weighted by Crippen LogP contribution is -2.08. The molecule has 0 aromatic heterocycles. The standard InChI is InChI=1S/C26H24O4/c1-3-19-5-11-22(12-6-19)25(30-28)23-13-9-21(10-14-23)17-18-29-26(27)24-15-7-20(4-2)8-16-24/h3-16,25,28H,1-2,17-18H2. The predicted molar refractivity (Wildman–Crippen MR) is 119 cm³/mol. The molecule has 0 aliphatic rings. The lowest BCUT2D eigenvalue weighted by atomic mass is 9.99. The Kier molecular flexibility index (Phi) is 7.33. The van der Waals surface area contributed by atoms with Gasteiger partial charge in [0.05, 0.1) is 12.2 Å². The number of hydrogen-bond acceptors (Lipinski definition) is 4. The van der Waals surface area contributed by atoms with E-state index in [1.165, 1.54) is 0 Å². The van der Waals surface area contributed by atoms with E-state index < -0.39 is 6.10 Å². The maximum atomic E-state index is 12.1. The average Bonchev–Trinajstić information content (AvgIpc) is 2.81. The van der Waals surface area contributed by atoms with Gasteiger partial charge < -0.3 is 4.74 Å². The van der Waals surface area contributed by atoms with Crippen molar-refractivity contribution in [3.63, 3.8) is 0 Å². The molecule has 0 bridgehead atoms. The third-order valence-electron chi connectivity index (χ3n) is 4.87. The highest BCUT2D eigenvalue weighted by Gasteiger charge is 2.15. The molecule has 3 rings (SSSR count). The van der Waals surface area contributed by atoms with E-state index in [0.717, 1.165) is 27.8 Å². The Bertz CT molecular complexity index is 987. The van der Waals surface area contributed by atoms with Gasteiger partial charge in [0.1, 0.15) is 6.10 Å². The van der Waals surface area contributed by atoms with Crippen molar-refractivity contribution < 1.29 is 19.7 Å². The van der Waals surface area contributed by atoms with Crippen LogP contribution in [0.4, 0.5) is 0 Å². The van der Waals surface area contributed by atoms with Gasteiger partial charge in [-0.1, -0.05) is 86.0 Å². The fourth-order valence-electron chi connectivity index (χ4n) is 3.08. The summed E-state index contributed by atoms with van der Waals surface area (Å²) in [5.74, 6) is -0.348. The topological polar surface area (TPSA) is 55.8 Å². The first kappa shape index (κ1) is 21.2. The van der Waals surface area contributed by atoms with E-state index in [4.69, 9.17) is 9.62 Å².